The molecule has 1 aliphatic rings. The van der Waals surface area contributed by atoms with Gasteiger partial charge in [0.25, 0.3) is 0 Å². The maximum atomic E-state index is 12.7. The van der Waals surface area contributed by atoms with Crippen LogP contribution in [0.1, 0.15) is 27.3 Å². The topological polar surface area (TPSA) is 76.1 Å². The van der Waals surface area contributed by atoms with Crippen LogP contribution < -0.4 is 10.9 Å². The predicted octanol–water partition coefficient (Wildman–Crippen LogP) is 2.31. The Hall–Kier alpha value is -2.22. The van der Waals surface area contributed by atoms with Crippen LogP contribution in [-0.4, -0.2) is 41.1 Å². The molecule has 1 aliphatic heterocycles. The quantitative estimate of drug-likeness (QED) is 0.652. The van der Waals surface area contributed by atoms with Gasteiger partial charge in [-0.1, -0.05) is 0 Å². The minimum Gasteiger partial charge on any atom is -0.380 e. The third kappa shape index (κ3) is 3.38. The number of aryl methyl sites for hydroxylation is 1. The number of nitrogens with one attached hydrogen (secondary N) is 2. The lowest BCUT2D eigenvalue weighted by atomic mass is 10.1. The van der Waals surface area contributed by atoms with E-state index in [0.717, 1.165) is 42.9 Å². The average Bonchev–Trinajstić information content (AvgIpc) is 3.33. The van der Waals surface area contributed by atoms with Crippen LogP contribution in [0.25, 0.3) is 10.2 Å². The molecule has 4 heterocycles. The summed E-state index contributed by atoms with van der Waals surface area (Å²) in [7, 11) is 0. The van der Waals surface area contributed by atoms with E-state index in [0.29, 0.717) is 16.5 Å². The summed E-state index contributed by atoms with van der Waals surface area (Å²) in [5, 5.41) is 4.62. The van der Waals surface area contributed by atoms with Crippen molar-refractivity contribution in [2.45, 2.75) is 25.9 Å². The molecular formula is C19H21N3O3S. The molecule has 0 aliphatic carbocycles. The highest BCUT2D eigenvalue weighted by Gasteiger charge is 2.17. The van der Waals surface area contributed by atoms with Gasteiger partial charge in [-0.15, -0.1) is 11.3 Å². The number of hydrogen-bond acceptors (Lipinski definition) is 5. The molecule has 0 amide bonds. The molecule has 6 nitrogen and oxygen atoms in total. The Balaban J connectivity index is 1.53. The normalized spacial score (nSPS) is 17.2. The van der Waals surface area contributed by atoms with E-state index in [9.17, 15) is 9.59 Å². The number of H-pyrrole nitrogens is 1. The minimum absolute atomic E-state index is 0.0621. The second kappa shape index (κ2) is 7.19. The van der Waals surface area contributed by atoms with E-state index < -0.39 is 0 Å². The predicted molar refractivity (Wildman–Crippen MR) is 102 cm³/mol. The summed E-state index contributed by atoms with van der Waals surface area (Å²) < 4.78 is 7.65. The summed E-state index contributed by atoms with van der Waals surface area (Å²) >= 11 is 1.50. The Morgan fingerprint density at radius 2 is 2.31 bits per heavy atom. The van der Waals surface area contributed by atoms with E-state index in [-0.39, 0.29) is 11.3 Å². The number of aromatic amines is 1. The van der Waals surface area contributed by atoms with Gasteiger partial charge in [-0.2, -0.15) is 0 Å². The number of carbonyl (C=O) groups is 1. The van der Waals surface area contributed by atoms with Crippen molar-refractivity contribution >= 4 is 27.3 Å². The van der Waals surface area contributed by atoms with Crippen molar-refractivity contribution in [1.82, 2.24) is 14.9 Å². The highest BCUT2D eigenvalue weighted by molar-refractivity contribution is 7.20. The lowest BCUT2D eigenvalue weighted by molar-refractivity contribution is 0.104. The third-order valence-corrected chi connectivity index (χ3v) is 5.92. The van der Waals surface area contributed by atoms with Gasteiger partial charge in [-0.05, 0) is 31.5 Å². The van der Waals surface area contributed by atoms with Gasteiger partial charge in [0.1, 0.15) is 4.83 Å². The van der Waals surface area contributed by atoms with Crippen LogP contribution in [0.3, 0.4) is 0 Å². The standard InChI is InChI=1S/C19H21N3O3S/c1-12-8-14-9-16(18(24)13-2-3-17(23)21-10-13)26-19(14)22(12)6-5-20-15-4-7-25-11-15/h2-3,8-10,15,20H,4-7,11H2,1H3,(H,21,23). The number of thiophene rings is 1. The maximum absolute atomic E-state index is 12.7. The number of hydrogen-bond donors (Lipinski definition) is 2. The molecule has 1 atom stereocenters. The molecule has 1 saturated heterocycles. The largest absolute Gasteiger partial charge is 0.380 e. The van der Waals surface area contributed by atoms with Crippen molar-refractivity contribution in [3.05, 3.63) is 57.0 Å². The lowest BCUT2D eigenvalue weighted by Gasteiger charge is -2.12. The molecule has 1 unspecified atom stereocenters. The molecule has 1 fully saturated rings. The van der Waals surface area contributed by atoms with Gasteiger partial charge in [0.15, 0.2) is 0 Å². The van der Waals surface area contributed by atoms with Crippen LogP contribution in [0.2, 0.25) is 0 Å². The van der Waals surface area contributed by atoms with E-state index in [1.165, 1.54) is 29.3 Å². The summed E-state index contributed by atoms with van der Waals surface area (Å²) in [6.45, 7) is 5.45. The maximum Gasteiger partial charge on any atom is 0.247 e. The Kier molecular flexibility index (Phi) is 4.76. The van der Waals surface area contributed by atoms with E-state index in [2.05, 4.69) is 27.9 Å². The summed E-state index contributed by atoms with van der Waals surface area (Å²) in [5.41, 5.74) is 1.48. The van der Waals surface area contributed by atoms with Gasteiger partial charge in [0.05, 0.1) is 11.5 Å². The fraction of sp³-hybridized carbons (Fsp3) is 0.368. The van der Waals surface area contributed by atoms with Crippen molar-refractivity contribution in [2.24, 2.45) is 0 Å². The molecular weight excluding hydrogens is 350 g/mol. The number of aromatic nitrogens is 2. The Morgan fingerprint density at radius 3 is 3.04 bits per heavy atom. The first-order valence-corrected chi connectivity index (χ1v) is 9.58. The number of carbonyl (C=O) groups excluding carboxylic acids is 1. The van der Waals surface area contributed by atoms with Crippen LogP contribution in [0, 0.1) is 6.92 Å². The average molecular weight is 371 g/mol. The minimum atomic E-state index is -0.208. The van der Waals surface area contributed by atoms with Crippen LogP contribution in [0.5, 0.6) is 0 Å². The molecule has 136 valence electrons. The zero-order valence-corrected chi connectivity index (χ0v) is 15.4. The highest BCUT2D eigenvalue weighted by Crippen LogP contribution is 2.30. The number of nitrogens with zero attached hydrogens (tertiary/aromatic N) is 1. The highest BCUT2D eigenvalue weighted by atomic mass is 32.1. The van der Waals surface area contributed by atoms with Crippen molar-refractivity contribution in [3.8, 4) is 0 Å². The van der Waals surface area contributed by atoms with E-state index in [1.807, 2.05) is 6.07 Å². The van der Waals surface area contributed by atoms with Gasteiger partial charge in [-0.25, -0.2) is 0 Å². The Labute approximate surface area is 154 Å². The van der Waals surface area contributed by atoms with E-state index >= 15 is 0 Å². The van der Waals surface area contributed by atoms with Crippen LogP contribution in [-0.2, 0) is 11.3 Å². The summed E-state index contributed by atoms with van der Waals surface area (Å²) in [5.74, 6) is -0.0621. The van der Waals surface area contributed by atoms with Gasteiger partial charge in [-0.3, -0.25) is 9.59 Å². The summed E-state index contributed by atoms with van der Waals surface area (Å²) in [4.78, 5) is 28.2. The zero-order chi connectivity index (χ0) is 18.1. The molecule has 0 spiro atoms. The Bertz CT molecular complexity index is 975. The lowest BCUT2D eigenvalue weighted by Crippen LogP contribution is -2.32. The number of ketones is 1. The zero-order valence-electron chi connectivity index (χ0n) is 14.6. The third-order valence-electron chi connectivity index (χ3n) is 4.74. The van der Waals surface area contributed by atoms with Crippen LogP contribution in [0.4, 0.5) is 0 Å². The first-order chi connectivity index (χ1) is 12.6. The number of pyridine rings is 1. The molecule has 2 N–H and O–H groups in total. The smallest absolute Gasteiger partial charge is 0.247 e. The first-order valence-electron chi connectivity index (χ1n) is 8.76. The molecule has 0 aromatic carbocycles. The summed E-state index contributed by atoms with van der Waals surface area (Å²) in [6.07, 6.45) is 2.54. The molecule has 26 heavy (non-hydrogen) atoms. The second-order valence-corrected chi connectivity index (χ2v) is 7.62. The van der Waals surface area contributed by atoms with Gasteiger partial charge in [0, 0.05) is 54.6 Å². The number of ether oxygens (including phenoxy) is 1. The first kappa shape index (κ1) is 17.2. The Morgan fingerprint density at radius 1 is 1.42 bits per heavy atom. The molecule has 3 aromatic rings. The van der Waals surface area contributed by atoms with Crippen molar-refractivity contribution in [2.75, 3.05) is 19.8 Å². The molecule has 7 heteroatoms. The monoisotopic (exact) mass is 371 g/mol. The molecule has 0 bridgehead atoms. The van der Waals surface area contributed by atoms with E-state index in [4.69, 9.17) is 4.74 Å². The van der Waals surface area contributed by atoms with Crippen molar-refractivity contribution in [3.63, 3.8) is 0 Å². The van der Waals surface area contributed by atoms with Crippen molar-refractivity contribution < 1.29 is 9.53 Å². The second-order valence-electron chi connectivity index (χ2n) is 6.59. The van der Waals surface area contributed by atoms with Crippen LogP contribution in [0.15, 0.2) is 35.3 Å². The van der Waals surface area contributed by atoms with Gasteiger partial charge < -0.3 is 19.6 Å². The van der Waals surface area contributed by atoms with Gasteiger partial charge in [0.2, 0.25) is 11.3 Å². The van der Waals surface area contributed by atoms with Gasteiger partial charge >= 0.3 is 0 Å². The van der Waals surface area contributed by atoms with E-state index in [1.54, 1.807) is 6.07 Å². The fourth-order valence-electron chi connectivity index (χ4n) is 3.33. The molecule has 4 rings (SSSR count). The number of rotatable bonds is 6. The summed E-state index contributed by atoms with van der Waals surface area (Å²) in [6, 6.07) is 7.45. The van der Waals surface area contributed by atoms with Crippen LogP contribution >= 0.6 is 11.3 Å². The number of fused-ring (bicyclic) bond motifs is 1. The van der Waals surface area contributed by atoms with Crippen molar-refractivity contribution in [1.29, 1.82) is 0 Å². The fourth-order valence-corrected chi connectivity index (χ4v) is 4.52. The molecule has 0 saturated carbocycles. The molecule has 0 radical (unpaired) electrons. The SMILES string of the molecule is Cc1cc2cc(C(=O)c3ccc(=O)[nH]c3)sc2n1CCNC1CCOC1. The molecule has 3 aromatic heterocycles.